The molecule has 2 aliphatic rings. The topological polar surface area (TPSA) is 109 Å². The molecular weight excluding hydrogens is 320 g/mol. The fourth-order valence-electron chi connectivity index (χ4n) is 2.99. The lowest BCUT2D eigenvalue weighted by Gasteiger charge is -2.24. The zero-order valence-corrected chi connectivity index (χ0v) is 13.9. The number of esters is 1. The molecule has 1 N–H and O–H groups in total. The van der Waals surface area contributed by atoms with Crippen LogP contribution in [-0.4, -0.2) is 46.2 Å². The molecule has 2 fully saturated rings. The molecule has 2 saturated heterocycles. The second kappa shape index (κ2) is 5.83. The van der Waals surface area contributed by atoms with E-state index >= 15 is 0 Å². The van der Waals surface area contributed by atoms with Gasteiger partial charge in [-0.2, -0.15) is 0 Å². The molecule has 24 heavy (non-hydrogen) atoms. The number of rotatable bonds is 3. The Kier molecular flexibility index (Phi) is 4.10. The van der Waals surface area contributed by atoms with E-state index in [1.807, 2.05) is 0 Å². The van der Waals surface area contributed by atoms with E-state index < -0.39 is 47.5 Å². The number of aromatic amines is 1. The van der Waals surface area contributed by atoms with E-state index in [0.29, 0.717) is 5.56 Å². The van der Waals surface area contributed by atoms with Gasteiger partial charge in [-0.05, 0) is 20.8 Å². The maximum absolute atomic E-state index is 12.1. The molecule has 0 unspecified atom stereocenters. The van der Waals surface area contributed by atoms with Crippen LogP contribution in [0.1, 0.15) is 32.6 Å². The fourth-order valence-corrected chi connectivity index (χ4v) is 2.99. The number of H-pyrrole nitrogens is 1. The monoisotopic (exact) mass is 340 g/mol. The summed E-state index contributed by atoms with van der Waals surface area (Å²) >= 11 is 0. The highest BCUT2D eigenvalue weighted by Gasteiger charge is 2.56. The highest BCUT2D eigenvalue weighted by molar-refractivity contribution is 5.65. The summed E-state index contributed by atoms with van der Waals surface area (Å²) in [6, 6.07) is 0. The molecule has 2 aliphatic heterocycles. The summed E-state index contributed by atoms with van der Waals surface area (Å²) in [4.78, 5) is 37.0. The van der Waals surface area contributed by atoms with Crippen molar-refractivity contribution in [3.63, 3.8) is 0 Å². The van der Waals surface area contributed by atoms with Crippen LogP contribution in [0.4, 0.5) is 0 Å². The van der Waals surface area contributed by atoms with Crippen LogP contribution in [-0.2, 0) is 23.7 Å². The Morgan fingerprint density at radius 3 is 2.67 bits per heavy atom. The van der Waals surface area contributed by atoms with Crippen molar-refractivity contribution in [1.82, 2.24) is 9.55 Å². The van der Waals surface area contributed by atoms with Gasteiger partial charge in [0.25, 0.3) is 5.56 Å². The predicted molar refractivity (Wildman–Crippen MR) is 80.4 cm³/mol. The van der Waals surface area contributed by atoms with Crippen LogP contribution in [0.5, 0.6) is 0 Å². The summed E-state index contributed by atoms with van der Waals surface area (Å²) in [7, 11) is 0. The first-order chi connectivity index (χ1) is 11.2. The van der Waals surface area contributed by atoms with E-state index in [9.17, 15) is 14.4 Å². The average molecular weight is 340 g/mol. The zero-order valence-electron chi connectivity index (χ0n) is 13.9. The van der Waals surface area contributed by atoms with Gasteiger partial charge >= 0.3 is 11.7 Å². The van der Waals surface area contributed by atoms with E-state index in [1.165, 1.54) is 17.7 Å². The molecule has 0 aliphatic carbocycles. The second-order valence-corrected chi connectivity index (χ2v) is 6.41. The number of carbonyl (C=O) groups excluding carboxylic acids is 1. The Hall–Kier alpha value is -1.97. The van der Waals surface area contributed by atoms with E-state index in [0.717, 1.165) is 0 Å². The minimum atomic E-state index is -0.854. The smallest absolute Gasteiger partial charge is 0.330 e. The molecule has 1 aromatic rings. The Morgan fingerprint density at radius 2 is 2.00 bits per heavy atom. The van der Waals surface area contributed by atoms with Crippen molar-refractivity contribution in [2.24, 2.45) is 0 Å². The molecule has 0 bridgehead atoms. The van der Waals surface area contributed by atoms with Crippen molar-refractivity contribution in [3.05, 3.63) is 32.6 Å². The lowest BCUT2D eigenvalue weighted by atomic mass is 10.1. The second-order valence-electron chi connectivity index (χ2n) is 6.41. The van der Waals surface area contributed by atoms with Crippen LogP contribution in [0.3, 0.4) is 0 Å². The molecule has 0 aromatic carbocycles. The van der Waals surface area contributed by atoms with Gasteiger partial charge in [-0.15, -0.1) is 0 Å². The number of aromatic nitrogens is 2. The summed E-state index contributed by atoms with van der Waals surface area (Å²) in [6.45, 7) is 6.39. The van der Waals surface area contributed by atoms with Gasteiger partial charge in [-0.1, -0.05) is 0 Å². The molecule has 0 amide bonds. The van der Waals surface area contributed by atoms with E-state index in [2.05, 4.69) is 4.98 Å². The molecule has 0 saturated carbocycles. The van der Waals surface area contributed by atoms with Gasteiger partial charge < -0.3 is 18.9 Å². The molecule has 1 aromatic heterocycles. The third-order valence-corrected chi connectivity index (χ3v) is 4.00. The molecule has 3 heterocycles. The number of nitrogens with zero attached hydrogens (tertiary/aromatic N) is 1. The lowest BCUT2D eigenvalue weighted by Crippen LogP contribution is -2.38. The molecule has 132 valence electrons. The maximum Gasteiger partial charge on any atom is 0.330 e. The first-order valence-electron chi connectivity index (χ1n) is 7.64. The number of nitrogens with one attached hydrogen (secondary N) is 1. The molecular formula is C15H20N2O7. The van der Waals surface area contributed by atoms with Crippen LogP contribution >= 0.6 is 0 Å². The normalized spacial score (nSPS) is 31.0. The van der Waals surface area contributed by atoms with Crippen LogP contribution in [0.15, 0.2) is 15.8 Å². The number of aryl methyl sites for hydroxylation is 1. The van der Waals surface area contributed by atoms with Crippen molar-refractivity contribution in [3.8, 4) is 0 Å². The van der Waals surface area contributed by atoms with Gasteiger partial charge in [-0.25, -0.2) is 4.79 Å². The van der Waals surface area contributed by atoms with Gasteiger partial charge in [0.05, 0.1) is 0 Å². The quantitative estimate of drug-likeness (QED) is 0.761. The zero-order chi connectivity index (χ0) is 17.6. The van der Waals surface area contributed by atoms with E-state index in [4.69, 9.17) is 18.9 Å². The van der Waals surface area contributed by atoms with Gasteiger partial charge in [0, 0.05) is 18.7 Å². The summed E-state index contributed by atoms with van der Waals surface area (Å²) in [5.74, 6) is -1.29. The van der Waals surface area contributed by atoms with Gasteiger partial charge in [0.1, 0.15) is 24.9 Å². The molecule has 3 rings (SSSR count). The first kappa shape index (κ1) is 16.9. The Labute approximate surface area is 137 Å². The minimum Gasteiger partial charge on any atom is -0.463 e. The first-order valence-corrected chi connectivity index (χ1v) is 7.64. The van der Waals surface area contributed by atoms with Crippen LogP contribution in [0, 0.1) is 6.92 Å². The van der Waals surface area contributed by atoms with E-state index in [1.54, 1.807) is 20.8 Å². The van der Waals surface area contributed by atoms with Crippen molar-refractivity contribution in [2.45, 2.75) is 58.0 Å². The fraction of sp³-hybridized carbons (Fsp3) is 0.667. The standard InChI is InChI=1S/C15H20N2O7/c1-7-5-17(14(20)16-12(7)19)13-11-10(23-15(3,4)24-11)9(22-13)6-21-8(2)18/h5,9-11,13H,6H2,1-4H3,(H,16,19,20)/t9-,10-,11-,13-/m1/s1. The highest BCUT2D eigenvalue weighted by atomic mass is 16.8. The molecule has 9 nitrogen and oxygen atoms in total. The highest BCUT2D eigenvalue weighted by Crippen LogP contribution is 2.42. The van der Waals surface area contributed by atoms with Crippen molar-refractivity contribution in [2.75, 3.05) is 6.61 Å². The molecule has 9 heteroatoms. The SMILES string of the molecule is CC(=O)OC[C@H]1O[C@@H](n2cc(C)c(=O)[nH]c2=O)[C@@H]2OC(C)(C)O[C@@H]21. The van der Waals surface area contributed by atoms with Crippen LogP contribution in [0.25, 0.3) is 0 Å². The Bertz CT molecular complexity index is 766. The number of ether oxygens (including phenoxy) is 4. The number of carbonyl (C=O) groups is 1. The molecule has 0 spiro atoms. The number of hydrogen-bond donors (Lipinski definition) is 1. The lowest BCUT2D eigenvalue weighted by molar-refractivity contribution is -0.202. The molecule has 4 atom stereocenters. The summed E-state index contributed by atoms with van der Waals surface area (Å²) in [5, 5.41) is 0. The van der Waals surface area contributed by atoms with Crippen LogP contribution in [0.2, 0.25) is 0 Å². The van der Waals surface area contributed by atoms with E-state index in [-0.39, 0.29) is 6.61 Å². The predicted octanol–water partition coefficient (Wildman–Crippen LogP) is -0.174. The van der Waals surface area contributed by atoms with Crippen LogP contribution < -0.4 is 11.2 Å². The van der Waals surface area contributed by atoms with Gasteiger partial charge in [-0.3, -0.25) is 19.1 Å². The Morgan fingerprint density at radius 1 is 1.33 bits per heavy atom. The summed E-state index contributed by atoms with van der Waals surface area (Å²) in [6.07, 6.45) is -1.01. The van der Waals surface area contributed by atoms with Gasteiger partial charge in [0.2, 0.25) is 0 Å². The minimum absolute atomic E-state index is 0.0104. The number of fused-ring (bicyclic) bond motifs is 1. The molecule has 0 radical (unpaired) electrons. The summed E-state index contributed by atoms with van der Waals surface area (Å²) < 4.78 is 23.8. The number of hydrogen-bond acceptors (Lipinski definition) is 7. The van der Waals surface area contributed by atoms with Crippen molar-refractivity contribution < 1.29 is 23.7 Å². The average Bonchev–Trinajstić information content (AvgIpc) is 2.94. The largest absolute Gasteiger partial charge is 0.463 e. The van der Waals surface area contributed by atoms with Crippen molar-refractivity contribution >= 4 is 5.97 Å². The van der Waals surface area contributed by atoms with Gasteiger partial charge in [0.15, 0.2) is 12.0 Å². The van der Waals surface area contributed by atoms with Crippen molar-refractivity contribution in [1.29, 1.82) is 0 Å². The third-order valence-electron chi connectivity index (χ3n) is 4.00. The summed E-state index contributed by atoms with van der Waals surface area (Å²) in [5.41, 5.74) is -0.682. The Balaban J connectivity index is 1.94. The maximum atomic E-state index is 12.1. The third kappa shape index (κ3) is 3.02.